The second kappa shape index (κ2) is 12.9. The summed E-state index contributed by atoms with van der Waals surface area (Å²) in [5.41, 5.74) is 3.85. The first-order chi connectivity index (χ1) is 16.6. The number of aliphatic hydroxyl groups is 2. The Morgan fingerprint density at radius 1 is 0.971 bits per heavy atom. The molecule has 2 aromatic rings. The summed E-state index contributed by atoms with van der Waals surface area (Å²) in [4.78, 5) is 10.7. The fourth-order valence-electron chi connectivity index (χ4n) is 4.56. The van der Waals surface area contributed by atoms with Crippen molar-refractivity contribution >= 4 is 12.0 Å². The number of rotatable bonds is 14. The monoisotopic (exact) mass is 482 g/mol. The van der Waals surface area contributed by atoms with Crippen LogP contribution in [0.1, 0.15) is 88.5 Å². The lowest BCUT2D eigenvalue weighted by Gasteiger charge is -2.34. The van der Waals surface area contributed by atoms with E-state index in [2.05, 4.69) is 51.1 Å². The van der Waals surface area contributed by atoms with Gasteiger partial charge in [-0.25, -0.2) is 0 Å². The predicted octanol–water partition coefficient (Wildman–Crippen LogP) is 6.27. The summed E-state index contributed by atoms with van der Waals surface area (Å²) < 4.78 is 5.68. The van der Waals surface area contributed by atoms with Crippen molar-refractivity contribution in [3.05, 3.63) is 70.8 Å². The van der Waals surface area contributed by atoms with Crippen LogP contribution in [0.25, 0.3) is 6.08 Å². The molecule has 1 atom stereocenters. The molecule has 0 saturated carbocycles. The van der Waals surface area contributed by atoms with Crippen molar-refractivity contribution in [1.82, 2.24) is 0 Å². The van der Waals surface area contributed by atoms with Gasteiger partial charge in [-0.05, 0) is 73.4 Å². The zero-order chi connectivity index (χ0) is 26.1. The van der Waals surface area contributed by atoms with Crippen molar-refractivity contribution in [3.8, 4) is 5.75 Å². The lowest BCUT2D eigenvalue weighted by Crippen LogP contribution is -2.26. The van der Waals surface area contributed by atoms with Crippen LogP contribution >= 0.6 is 0 Å². The zero-order valence-corrected chi connectivity index (χ0v) is 21.9. The third kappa shape index (κ3) is 7.42. The molecule has 0 heterocycles. The molecular weight excluding hydrogens is 440 g/mol. The molecule has 0 saturated heterocycles. The van der Waals surface area contributed by atoms with Crippen molar-refractivity contribution in [2.45, 2.75) is 90.3 Å². The number of carbonyl (C=O) groups is 1. The quantitative estimate of drug-likeness (QED) is 0.295. The molecule has 2 aromatic carbocycles. The standard InChI is InChI=1S/C30H42O5/c1-6-29(34,7-2)19-18-23-10-11-25(20-22(23)5)30(8-3,9-4)24-12-15-27(16-13-24)35-21-26(31)14-17-28(32)33/h10-13,15-16,18-20,26,31,34H,6-9,14,17,21H2,1-5H3,(H,32,33). The van der Waals surface area contributed by atoms with E-state index in [0.29, 0.717) is 18.6 Å². The van der Waals surface area contributed by atoms with E-state index in [9.17, 15) is 15.0 Å². The number of hydrogen-bond donors (Lipinski definition) is 3. The van der Waals surface area contributed by atoms with Crippen molar-refractivity contribution in [2.75, 3.05) is 6.61 Å². The van der Waals surface area contributed by atoms with Gasteiger partial charge in [0.2, 0.25) is 0 Å². The third-order valence-electron chi connectivity index (χ3n) is 7.37. The lowest BCUT2D eigenvalue weighted by atomic mass is 9.70. The minimum Gasteiger partial charge on any atom is -0.491 e. The Bertz CT molecular complexity index is 969. The summed E-state index contributed by atoms with van der Waals surface area (Å²) in [5.74, 6) is -0.271. The Morgan fingerprint density at radius 3 is 2.09 bits per heavy atom. The maximum Gasteiger partial charge on any atom is 0.303 e. The first kappa shape index (κ1) is 28.6. The Balaban J connectivity index is 2.23. The molecule has 35 heavy (non-hydrogen) atoms. The summed E-state index contributed by atoms with van der Waals surface area (Å²) in [6.45, 7) is 10.6. The maximum absolute atomic E-state index is 10.7. The SMILES string of the molecule is CCC(O)(C=Cc1ccc(C(CC)(CC)c2ccc(OCC(O)CCC(=O)O)cc2)cc1C)CC. The molecule has 0 aliphatic carbocycles. The van der Waals surface area contributed by atoms with E-state index >= 15 is 0 Å². The van der Waals surface area contributed by atoms with Crippen molar-refractivity contribution in [3.63, 3.8) is 0 Å². The van der Waals surface area contributed by atoms with Crippen LogP contribution in [-0.4, -0.2) is 39.6 Å². The normalized spacial score (nSPS) is 13.2. The number of hydrogen-bond acceptors (Lipinski definition) is 4. The number of carboxylic acid groups (broad SMARTS) is 1. The van der Waals surface area contributed by atoms with E-state index in [1.54, 1.807) is 0 Å². The Morgan fingerprint density at radius 2 is 1.57 bits per heavy atom. The molecule has 0 aliphatic heterocycles. The third-order valence-corrected chi connectivity index (χ3v) is 7.37. The average Bonchev–Trinajstić information content (AvgIpc) is 2.87. The highest BCUT2D eigenvalue weighted by atomic mass is 16.5. The summed E-state index contributed by atoms with van der Waals surface area (Å²) >= 11 is 0. The highest BCUT2D eigenvalue weighted by Crippen LogP contribution is 2.40. The minimum absolute atomic E-state index is 0.0681. The second-order valence-electron chi connectivity index (χ2n) is 9.43. The number of aliphatic hydroxyl groups excluding tert-OH is 1. The molecule has 0 bridgehead atoms. The molecule has 0 radical (unpaired) electrons. The first-order valence-corrected chi connectivity index (χ1v) is 12.8. The van der Waals surface area contributed by atoms with Crippen LogP contribution in [0.3, 0.4) is 0 Å². The maximum atomic E-state index is 10.7. The van der Waals surface area contributed by atoms with E-state index in [4.69, 9.17) is 9.84 Å². The van der Waals surface area contributed by atoms with E-state index in [1.807, 2.05) is 38.1 Å². The Labute approximate surface area is 210 Å². The van der Waals surface area contributed by atoms with Crippen LogP contribution < -0.4 is 4.74 Å². The van der Waals surface area contributed by atoms with Gasteiger partial charge in [0.25, 0.3) is 0 Å². The summed E-state index contributed by atoms with van der Waals surface area (Å²) in [6, 6.07) is 14.6. The van der Waals surface area contributed by atoms with E-state index in [0.717, 1.165) is 18.4 Å². The molecule has 2 rings (SSSR count). The van der Waals surface area contributed by atoms with Crippen LogP contribution in [0, 0.1) is 6.92 Å². The molecular formula is C30H42O5. The Hall–Kier alpha value is -2.63. The van der Waals surface area contributed by atoms with Crippen molar-refractivity contribution in [2.24, 2.45) is 0 Å². The van der Waals surface area contributed by atoms with Gasteiger partial charge in [-0.2, -0.15) is 0 Å². The molecule has 0 spiro atoms. The minimum atomic E-state index is -0.924. The molecule has 192 valence electrons. The topological polar surface area (TPSA) is 87.0 Å². The van der Waals surface area contributed by atoms with Gasteiger partial charge < -0.3 is 20.1 Å². The van der Waals surface area contributed by atoms with E-state index in [-0.39, 0.29) is 24.9 Å². The van der Waals surface area contributed by atoms with Crippen LogP contribution in [0.2, 0.25) is 0 Å². The van der Waals surface area contributed by atoms with Gasteiger partial charge in [-0.15, -0.1) is 0 Å². The zero-order valence-electron chi connectivity index (χ0n) is 21.9. The van der Waals surface area contributed by atoms with Gasteiger partial charge in [-0.3, -0.25) is 4.79 Å². The number of aryl methyl sites for hydroxylation is 1. The van der Waals surface area contributed by atoms with Crippen molar-refractivity contribution in [1.29, 1.82) is 0 Å². The largest absolute Gasteiger partial charge is 0.491 e. The second-order valence-corrected chi connectivity index (χ2v) is 9.43. The molecule has 5 heteroatoms. The van der Waals surface area contributed by atoms with Crippen LogP contribution in [-0.2, 0) is 10.2 Å². The smallest absolute Gasteiger partial charge is 0.303 e. The summed E-state index contributed by atoms with van der Waals surface area (Å²) in [6.07, 6.45) is 6.49. The van der Waals surface area contributed by atoms with E-state index < -0.39 is 17.7 Å². The lowest BCUT2D eigenvalue weighted by molar-refractivity contribution is -0.137. The number of ether oxygens (including phenoxy) is 1. The fourth-order valence-corrected chi connectivity index (χ4v) is 4.56. The molecule has 0 aromatic heterocycles. The van der Waals surface area contributed by atoms with Crippen LogP contribution in [0.4, 0.5) is 0 Å². The average molecular weight is 483 g/mol. The molecule has 0 aliphatic rings. The van der Waals surface area contributed by atoms with Crippen LogP contribution in [0.5, 0.6) is 5.75 Å². The number of benzene rings is 2. The first-order valence-electron chi connectivity index (χ1n) is 12.8. The molecule has 3 N–H and O–H groups in total. The molecule has 1 unspecified atom stereocenters. The van der Waals surface area contributed by atoms with Crippen LogP contribution in [0.15, 0.2) is 48.5 Å². The molecule has 0 fully saturated rings. The van der Waals surface area contributed by atoms with Crippen molar-refractivity contribution < 1.29 is 24.9 Å². The van der Waals surface area contributed by atoms with Gasteiger partial charge in [0.1, 0.15) is 12.4 Å². The van der Waals surface area contributed by atoms with Gasteiger partial charge in [0, 0.05) is 11.8 Å². The number of aliphatic carboxylic acids is 1. The summed E-state index contributed by atoms with van der Waals surface area (Å²) in [7, 11) is 0. The predicted molar refractivity (Wildman–Crippen MR) is 142 cm³/mol. The van der Waals surface area contributed by atoms with Gasteiger partial charge in [-0.1, -0.05) is 70.2 Å². The van der Waals surface area contributed by atoms with Gasteiger partial charge in [0.05, 0.1) is 11.7 Å². The molecule has 5 nitrogen and oxygen atoms in total. The van der Waals surface area contributed by atoms with Gasteiger partial charge >= 0.3 is 5.97 Å². The fraction of sp³-hybridized carbons (Fsp3) is 0.500. The Kier molecular flexibility index (Phi) is 10.5. The number of carboxylic acids is 1. The highest BCUT2D eigenvalue weighted by Gasteiger charge is 2.31. The highest BCUT2D eigenvalue weighted by molar-refractivity contribution is 5.66. The van der Waals surface area contributed by atoms with Gasteiger partial charge in [0.15, 0.2) is 0 Å². The summed E-state index contributed by atoms with van der Waals surface area (Å²) in [5, 5.41) is 29.3. The molecule has 0 amide bonds. The van der Waals surface area contributed by atoms with E-state index in [1.165, 1.54) is 16.7 Å².